The number of fused-ring (bicyclic) bond motifs is 1. The van der Waals surface area contributed by atoms with Crippen LogP contribution in [0.25, 0.3) is 11.4 Å². The zero-order valence-corrected chi connectivity index (χ0v) is 18.1. The van der Waals surface area contributed by atoms with E-state index in [1.165, 1.54) is 26.2 Å². The molecule has 0 aliphatic carbocycles. The number of amides is 2. The number of ether oxygens (including phenoxy) is 3. The lowest BCUT2D eigenvalue weighted by atomic mass is 10.1. The van der Waals surface area contributed by atoms with Crippen molar-refractivity contribution in [1.29, 1.82) is 0 Å². The minimum absolute atomic E-state index is 0.00159. The SMILES string of the molecule is COc1cc(-c2nc(C(N)=O)c3c(n2)N(c2ccc(C)cc2)C(=O)C3)cc(OC)c1OC. The second-order valence-electron chi connectivity index (χ2n) is 7.22. The van der Waals surface area contributed by atoms with E-state index >= 15 is 0 Å². The molecule has 0 saturated carbocycles. The maximum atomic E-state index is 12.9. The summed E-state index contributed by atoms with van der Waals surface area (Å²) in [5.41, 5.74) is 8.22. The number of rotatable bonds is 6. The van der Waals surface area contributed by atoms with Gasteiger partial charge in [0, 0.05) is 11.1 Å². The van der Waals surface area contributed by atoms with Gasteiger partial charge in [0.1, 0.15) is 11.5 Å². The van der Waals surface area contributed by atoms with Crippen molar-refractivity contribution < 1.29 is 23.8 Å². The van der Waals surface area contributed by atoms with E-state index in [1.807, 2.05) is 31.2 Å². The van der Waals surface area contributed by atoms with E-state index in [9.17, 15) is 9.59 Å². The van der Waals surface area contributed by atoms with Crippen LogP contribution in [0.5, 0.6) is 17.2 Å². The first-order chi connectivity index (χ1) is 15.4. The summed E-state index contributed by atoms with van der Waals surface area (Å²) in [4.78, 5) is 35.6. The Morgan fingerprint density at radius 3 is 2.16 bits per heavy atom. The Kier molecular flexibility index (Phi) is 5.40. The molecule has 0 saturated heterocycles. The van der Waals surface area contributed by atoms with Crippen LogP contribution in [-0.4, -0.2) is 43.1 Å². The third-order valence-corrected chi connectivity index (χ3v) is 5.22. The minimum Gasteiger partial charge on any atom is -0.493 e. The second kappa shape index (κ2) is 8.18. The Morgan fingerprint density at radius 2 is 1.62 bits per heavy atom. The van der Waals surface area contributed by atoms with Crippen molar-refractivity contribution in [3.05, 3.63) is 53.2 Å². The largest absolute Gasteiger partial charge is 0.493 e. The third-order valence-electron chi connectivity index (χ3n) is 5.22. The van der Waals surface area contributed by atoms with Gasteiger partial charge in [-0.1, -0.05) is 17.7 Å². The molecule has 1 aliphatic rings. The van der Waals surface area contributed by atoms with Gasteiger partial charge in [0.15, 0.2) is 17.3 Å². The summed E-state index contributed by atoms with van der Waals surface area (Å²) >= 11 is 0. The predicted octanol–water partition coefficient (Wildman–Crippen LogP) is 2.80. The number of carbonyl (C=O) groups is 2. The molecule has 1 aliphatic heterocycles. The van der Waals surface area contributed by atoms with Crippen molar-refractivity contribution in [1.82, 2.24) is 9.97 Å². The second-order valence-corrected chi connectivity index (χ2v) is 7.22. The molecule has 0 unspecified atom stereocenters. The molecule has 0 radical (unpaired) electrons. The van der Waals surface area contributed by atoms with Gasteiger partial charge >= 0.3 is 0 Å². The molecule has 0 fully saturated rings. The Morgan fingerprint density at radius 1 is 1.00 bits per heavy atom. The number of anilines is 2. The minimum atomic E-state index is -0.740. The van der Waals surface area contributed by atoms with Gasteiger partial charge in [-0.05, 0) is 31.2 Å². The summed E-state index contributed by atoms with van der Waals surface area (Å²) in [7, 11) is 4.50. The van der Waals surface area contributed by atoms with Crippen LogP contribution < -0.4 is 24.8 Å². The van der Waals surface area contributed by atoms with E-state index in [1.54, 1.807) is 12.1 Å². The van der Waals surface area contributed by atoms with Crippen LogP contribution in [-0.2, 0) is 11.2 Å². The van der Waals surface area contributed by atoms with E-state index in [-0.39, 0.29) is 23.8 Å². The number of carbonyl (C=O) groups excluding carboxylic acids is 2. The summed E-state index contributed by atoms with van der Waals surface area (Å²) in [6, 6.07) is 10.8. The number of hydrogen-bond acceptors (Lipinski definition) is 7. The Hall–Kier alpha value is -4.14. The molecule has 2 aromatic carbocycles. The third kappa shape index (κ3) is 3.47. The molecule has 2 amide bonds. The summed E-state index contributed by atoms with van der Waals surface area (Å²) in [5.74, 6) is 0.774. The van der Waals surface area contributed by atoms with Crippen molar-refractivity contribution in [3.8, 4) is 28.6 Å². The lowest BCUT2D eigenvalue weighted by Gasteiger charge is -2.18. The number of hydrogen-bond donors (Lipinski definition) is 1. The maximum Gasteiger partial charge on any atom is 0.267 e. The molecule has 0 atom stereocenters. The number of methoxy groups -OCH3 is 3. The first-order valence-corrected chi connectivity index (χ1v) is 9.78. The molecule has 0 bridgehead atoms. The van der Waals surface area contributed by atoms with Crippen molar-refractivity contribution in [2.24, 2.45) is 5.73 Å². The van der Waals surface area contributed by atoms with Crippen LogP contribution in [0.1, 0.15) is 21.6 Å². The maximum absolute atomic E-state index is 12.9. The van der Waals surface area contributed by atoms with Gasteiger partial charge in [-0.25, -0.2) is 9.97 Å². The van der Waals surface area contributed by atoms with E-state index < -0.39 is 5.91 Å². The van der Waals surface area contributed by atoms with Gasteiger partial charge in [0.05, 0.1) is 33.4 Å². The van der Waals surface area contributed by atoms with Crippen LogP contribution in [0, 0.1) is 6.92 Å². The van der Waals surface area contributed by atoms with Gasteiger partial charge in [0.2, 0.25) is 11.7 Å². The fourth-order valence-electron chi connectivity index (χ4n) is 3.67. The zero-order chi connectivity index (χ0) is 23.0. The lowest BCUT2D eigenvalue weighted by Crippen LogP contribution is -2.21. The topological polar surface area (TPSA) is 117 Å². The smallest absolute Gasteiger partial charge is 0.267 e. The molecule has 32 heavy (non-hydrogen) atoms. The van der Waals surface area contributed by atoms with E-state index in [0.29, 0.717) is 39.9 Å². The molecule has 2 heterocycles. The van der Waals surface area contributed by atoms with E-state index in [4.69, 9.17) is 19.9 Å². The highest BCUT2D eigenvalue weighted by molar-refractivity contribution is 6.09. The standard InChI is InChI=1S/C23H22N4O5/c1-12-5-7-14(8-6-12)27-18(28)11-15-19(21(24)29)25-22(26-23(15)27)13-9-16(30-2)20(32-4)17(10-13)31-3/h5-10H,11H2,1-4H3,(H2,24,29). The summed E-state index contributed by atoms with van der Waals surface area (Å²) in [5, 5.41) is 0. The number of aryl methyl sites for hydroxylation is 1. The first-order valence-electron chi connectivity index (χ1n) is 9.78. The molecule has 2 N–H and O–H groups in total. The molecule has 4 rings (SSSR count). The molecule has 164 valence electrons. The van der Waals surface area contributed by atoms with Crippen molar-refractivity contribution >= 4 is 23.3 Å². The number of primary amides is 1. The van der Waals surface area contributed by atoms with Gasteiger partial charge < -0.3 is 19.9 Å². The summed E-state index contributed by atoms with van der Waals surface area (Å²) in [6.45, 7) is 1.96. The highest BCUT2D eigenvalue weighted by Gasteiger charge is 2.35. The number of benzene rings is 2. The van der Waals surface area contributed by atoms with Gasteiger partial charge in [-0.15, -0.1) is 0 Å². The van der Waals surface area contributed by atoms with Crippen LogP contribution in [0.4, 0.5) is 11.5 Å². The van der Waals surface area contributed by atoms with Crippen molar-refractivity contribution in [2.75, 3.05) is 26.2 Å². The molecular formula is C23H22N4O5. The van der Waals surface area contributed by atoms with Gasteiger partial charge in [0.25, 0.3) is 5.91 Å². The fourth-order valence-corrected chi connectivity index (χ4v) is 3.67. The van der Waals surface area contributed by atoms with Crippen molar-refractivity contribution in [2.45, 2.75) is 13.3 Å². The average molecular weight is 434 g/mol. The van der Waals surface area contributed by atoms with Crippen molar-refractivity contribution in [3.63, 3.8) is 0 Å². The molecule has 0 spiro atoms. The molecule has 9 heteroatoms. The molecule has 1 aromatic heterocycles. The lowest BCUT2D eigenvalue weighted by molar-refractivity contribution is -0.116. The van der Waals surface area contributed by atoms with Crippen LogP contribution in [0.15, 0.2) is 36.4 Å². The first kappa shape index (κ1) is 21.1. The van der Waals surface area contributed by atoms with E-state index in [0.717, 1.165) is 5.56 Å². The van der Waals surface area contributed by atoms with Gasteiger partial charge in [-0.3, -0.25) is 14.5 Å². The zero-order valence-electron chi connectivity index (χ0n) is 18.1. The van der Waals surface area contributed by atoms with E-state index in [2.05, 4.69) is 9.97 Å². The Bertz CT molecular complexity index is 1200. The Labute approximate surface area is 184 Å². The molecule has 3 aromatic rings. The van der Waals surface area contributed by atoms with Crippen LogP contribution in [0.3, 0.4) is 0 Å². The number of nitrogens with two attached hydrogens (primary N) is 1. The fraction of sp³-hybridized carbons (Fsp3) is 0.217. The predicted molar refractivity (Wildman–Crippen MR) is 118 cm³/mol. The Balaban J connectivity index is 1.93. The normalized spacial score (nSPS) is 12.5. The highest BCUT2D eigenvalue weighted by Crippen LogP contribution is 2.42. The summed E-state index contributed by atoms with van der Waals surface area (Å²) in [6.07, 6.45) is -0.0168. The van der Waals surface area contributed by atoms with Crippen LogP contribution in [0.2, 0.25) is 0 Å². The monoisotopic (exact) mass is 434 g/mol. The molecule has 9 nitrogen and oxygen atoms in total. The summed E-state index contributed by atoms with van der Waals surface area (Å²) < 4.78 is 16.2. The number of aromatic nitrogens is 2. The number of nitrogens with zero attached hydrogens (tertiary/aromatic N) is 3. The molecular weight excluding hydrogens is 412 g/mol. The average Bonchev–Trinajstić information content (AvgIpc) is 3.13. The van der Waals surface area contributed by atoms with Crippen LogP contribution >= 0.6 is 0 Å². The quantitative estimate of drug-likeness (QED) is 0.634. The highest BCUT2D eigenvalue weighted by atomic mass is 16.5. The van der Waals surface area contributed by atoms with Gasteiger partial charge in [-0.2, -0.15) is 0 Å².